The molecule has 0 amide bonds. The van der Waals surface area contributed by atoms with Crippen LogP contribution < -0.4 is 5.32 Å². The van der Waals surface area contributed by atoms with Gasteiger partial charge in [-0.3, -0.25) is 9.97 Å². The van der Waals surface area contributed by atoms with Crippen LogP contribution in [0.15, 0.2) is 30.7 Å². The van der Waals surface area contributed by atoms with Gasteiger partial charge in [-0.15, -0.1) is 0 Å². The first-order valence-electron chi connectivity index (χ1n) is 9.24. The Bertz CT molecular complexity index is 871. The first-order valence-corrected chi connectivity index (χ1v) is 10.6. The molecule has 3 heterocycles. The molecule has 0 aliphatic carbocycles. The Kier molecular flexibility index (Phi) is 6.03. The van der Waals surface area contributed by atoms with Gasteiger partial charge >= 0.3 is 0 Å². The lowest BCUT2D eigenvalue weighted by molar-refractivity contribution is 0.335. The van der Waals surface area contributed by atoms with E-state index in [0.29, 0.717) is 25.5 Å². The van der Waals surface area contributed by atoms with Crippen molar-refractivity contribution in [3.8, 4) is 0 Å². The van der Waals surface area contributed by atoms with E-state index in [1.54, 1.807) is 22.9 Å². The second kappa shape index (κ2) is 8.28. The molecular weight excluding hydrogens is 364 g/mol. The molecule has 1 saturated heterocycles. The predicted molar refractivity (Wildman–Crippen MR) is 105 cm³/mol. The Balaban J connectivity index is 1.91. The monoisotopic (exact) mass is 390 g/mol. The maximum Gasteiger partial charge on any atom is 0.282 e. The van der Waals surface area contributed by atoms with Crippen molar-refractivity contribution in [3.63, 3.8) is 0 Å². The molecule has 0 aromatic carbocycles. The summed E-state index contributed by atoms with van der Waals surface area (Å²) in [5, 5.41) is 3.22. The van der Waals surface area contributed by atoms with Gasteiger partial charge in [-0.1, -0.05) is 13.8 Å². The first kappa shape index (κ1) is 19.7. The van der Waals surface area contributed by atoms with Crippen molar-refractivity contribution in [1.29, 1.82) is 0 Å². The lowest BCUT2D eigenvalue weighted by atomic mass is 10.1. The number of aryl methyl sites for hydroxylation is 1. The van der Waals surface area contributed by atoms with Gasteiger partial charge in [0.25, 0.3) is 10.2 Å². The van der Waals surface area contributed by atoms with Crippen LogP contribution in [-0.4, -0.2) is 51.6 Å². The van der Waals surface area contributed by atoms with Crippen LogP contribution in [0.2, 0.25) is 0 Å². The van der Waals surface area contributed by atoms with Gasteiger partial charge in [0, 0.05) is 43.4 Å². The second-order valence-electron chi connectivity index (χ2n) is 6.50. The predicted octanol–water partition coefficient (Wildman–Crippen LogP) is 2.65. The summed E-state index contributed by atoms with van der Waals surface area (Å²) < 4.78 is 29.2. The summed E-state index contributed by atoms with van der Waals surface area (Å²) in [5.74, 6) is 0.632. The summed E-state index contributed by atoms with van der Waals surface area (Å²) >= 11 is 0. The highest BCUT2D eigenvalue weighted by atomic mass is 32.2. The Morgan fingerprint density at radius 2 is 2.04 bits per heavy atom. The number of rotatable bonds is 7. The minimum absolute atomic E-state index is 0.252. The third kappa shape index (κ3) is 4.26. The highest BCUT2D eigenvalue weighted by Crippen LogP contribution is 2.35. The van der Waals surface area contributed by atoms with E-state index < -0.39 is 10.2 Å². The molecule has 3 rings (SSSR count). The fourth-order valence-electron chi connectivity index (χ4n) is 3.46. The average molecular weight is 391 g/mol. The molecule has 27 heavy (non-hydrogen) atoms. The third-order valence-corrected chi connectivity index (χ3v) is 6.88. The summed E-state index contributed by atoms with van der Waals surface area (Å²) in [6.45, 7) is 7.07. The Morgan fingerprint density at radius 1 is 1.26 bits per heavy atom. The zero-order valence-corrected chi connectivity index (χ0v) is 16.8. The van der Waals surface area contributed by atoms with Crippen LogP contribution in [0, 0.1) is 6.92 Å². The van der Waals surface area contributed by atoms with Gasteiger partial charge in [0.15, 0.2) is 0 Å². The highest BCUT2D eigenvalue weighted by Gasteiger charge is 2.38. The minimum Gasteiger partial charge on any atom is -0.339 e. The fraction of sp³-hybridized carbons (Fsp3) is 0.500. The molecule has 1 aliphatic heterocycles. The van der Waals surface area contributed by atoms with Crippen LogP contribution in [-0.2, 0) is 10.2 Å². The van der Waals surface area contributed by atoms with Crippen molar-refractivity contribution < 1.29 is 8.42 Å². The van der Waals surface area contributed by atoms with Gasteiger partial charge in [0.05, 0.1) is 17.9 Å². The topological polar surface area (TPSA) is 91.3 Å². The fourth-order valence-corrected chi connectivity index (χ4v) is 5.30. The van der Waals surface area contributed by atoms with Crippen LogP contribution in [0.4, 0.5) is 11.5 Å². The van der Waals surface area contributed by atoms with E-state index in [9.17, 15) is 8.42 Å². The summed E-state index contributed by atoms with van der Waals surface area (Å²) in [7, 11) is -3.50. The molecule has 2 aromatic heterocycles. The Labute approximate surface area is 160 Å². The van der Waals surface area contributed by atoms with Crippen LogP contribution in [0.1, 0.15) is 44.1 Å². The maximum atomic E-state index is 13.0. The molecule has 0 saturated carbocycles. The normalized spacial score (nSPS) is 18.1. The van der Waals surface area contributed by atoms with E-state index in [2.05, 4.69) is 20.3 Å². The van der Waals surface area contributed by atoms with E-state index in [-0.39, 0.29) is 6.04 Å². The molecule has 0 spiro atoms. The smallest absolute Gasteiger partial charge is 0.282 e. The Morgan fingerprint density at radius 3 is 2.70 bits per heavy atom. The molecule has 1 aliphatic rings. The maximum absolute atomic E-state index is 13.0. The van der Waals surface area contributed by atoms with Crippen molar-refractivity contribution in [1.82, 2.24) is 23.6 Å². The minimum atomic E-state index is -3.50. The van der Waals surface area contributed by atoms with Gasteiger partial charge in [-0.2, -0.15) is 17.0 Å². The lowest BCUT2D eigenvalue weighted by Gasteiger charge is -2.29. The number of aromatic nitrogens is 3. The number of pyridine rings is 1. The molecule has 0 radical (unpaired) electrons. The van der Waals surface area contributed by atoms with Crippen molar-refractivity contribution in [2.75, 3.05) is 25.0 Å². The number of nitrogens with one attached hydrogen (secondary N) is 1. The largest absolute Gasteiger partial charge is 0.339 e. The first-order chi connectivity index (χ1) is 13.0. The molecule has 8 nitrogen and oxygen atoms in total. The van der Waals surface area contributed by atoms with Gasteiger partial charge in [-0.05, 0) is 31.9 Å². The zero-order chi connectivity index (χ0) is 19.4. The molecule has 146 valence electrons. The molecule has 0 unspecified atom stereocenters. The third-order valence-electron chi connectivity index (χ3n) is 4.68. The van der Waals surface area contributed by atoms with E-state index in [0.717, 1.165) is 29.9 Å². The number of hydrogen-bond acceptors (Lipinski definition) is 6. The van der Waals surface area contributed by atoms with Crippen molar-refractivity contribution >= 4 is 21.7 Å². The van der Waals surface area contributed by atoms with E-state index in [1.807, 2.05) is 32.9 Å². The van der Waals surface area contributed by atoms with Crippen molar-refractivity contribution in [3.05, 3.63) is 42.1 Å². The van der Waals surface area contributed by atoms with Crippen molar-refractivity contribution in [2.24, 2.45) is 0 Å². The van der Waals surface area contributed by atoms with E-state index in [4.69, 9.17) is 0 Å². The zero-order valence-electron chi connectivity index (χ0n) is 16.0. The molecule has 1 N–H and O–H groups in total. The van der Waals surface area contributed by atoms with Gasteiger partial charge in [0.1, 0.15) is 5.82 Å². The molecule has 0 bridgehead atoms. The quantitative estimate of drug-likeness (QED) is 0.781. The van der Waals surface area contributed by atoms with Crippen LogP contribution >= 0.6 is 0 Å². The SMILES string of the molecule is CCN(CC)S(=O)(=O)N1CCC[C@@H]1c1cc(Nc2cnccn2)cc(C)n1. The van der Waals surface area contributed by atoms with Gasteiger partial charge < -0.3 is 5.32 Å². The molecule has 2 aromatic rings. The van der Waals surface area contributed by atoms with Crippen LogP contribution in [0.3, 0.4) is 0 Å². The van der Waals surface area contributed by atoms with Crippen LogP contribution in [0.5, 0.6) is 0 Å². The summed E-state index contributed by atoms with van der Waals surface area (Å²) in [6, 6.07) is 3.57. The highest BCUT2D eigenvalue weighted by molar-refractivity contribution is 7.86. The van der Waals surface area contributed by atoms with E-state index in [1.165, 1.54) is 4.31 Å². The van der Waals surface area contributed by atoms with Crippen LogP contribution in [0.25, 0.3) is 0 Å². The lowest BCUT2D eigenvalue weighted by Crippen LogP contribution is -2.43. The molecular formula is C18H26N6O2S. The number of anilines is 2. The second-order valence-corrected chi connectivity index (χ2v) is 8.38. The molecule has 9 heteroatoms. The number of nitrogens with zero attached hydrogens (tertiary/aromatic N) is 5. The van der Waals surface area contributed by atoms with E-state index >= 15 is 0 Å². The van der Waals surface area contributed by atoms with Gasteiger partial charge in [0.2, 0.25) is 0 Å². The number of hydrogen-bond donors (Lipinski definition) is 1. The molecule has 1 atom stereocenters. The summed E-state index contributed by atoms with van der Waals surface area (Å²) in [5.41, 5.74) is 2.41. The standard InChI is InChI=1S/C18H26N6O2S/c1-4-23(5-2)27(25,26)24-10-6-7-17(24)16-12-15(11-14(3)21-16)22-18-13-19-8-9-20-18/h8-9,11-13,17H,4-7,10H2,1-3H3,(H,20,21,22)/t17-/m1/s1. The van der Waals surface area contributed by atoms with Crippen molar-refractivity contribution in [2.45, 2.75) is 39.7 Å². The summed E-state index contributed by atoms with van der Waals surface area (Å²) in [6.07, 6.45) is 6.47. The Hall–Kier alpha value is -2.10. The molecule has 1 fully saturated rings. The average Bonchev–Trinajstić information content (AvgIpc) is 3.13. The van der Waals surface area contributed by atoms with Gasteiger partial charge in [-0.25, -0.2) is 4.98 Å². The summed E-state index contributed by atoms with van der Waals surface area (Å²) in [4.78, 5) is 12.9.